The lowest BCUT2D eigenvalue weighted by Crippen LogP contribution is -2.36. The summed E-state index contributed by atoms with van der Waals surface area (Å²) in [5.41, 5.74) is -1.00. The number of nitrogens with zero attached hydrogens (tertiary/aromatic N) is 2. The molecule has 1 aliphatic rings. The Labute approximate surface area is 138 Å². The molecule has 24 heavy (non-hydrogen) atoms. The van der Waals surface area contributed by atoms with Crippen LogP contribution in [0.3, 0.4) is 0 Å². The topological polar surface area (TPSA) is 40.6 Å². The van der Waals surface area contributed by atoms with Crippen LogP contribution in [0.4, 0.5) is 13.2 Å². The number of carbonyl (C=O) groups is 2. The number of hydrogen-bond acceptors (Lipinski definition) is 2. The van der Waals surface area contributed by atoms with E-state index >= 15 is 0 Å². The zero-order chi connectivity index (χ0) is 17.7. The molecule has 1 aromatic rings. The van der Waals surface area contributed by atoms with Gasteiger partial charge in [0.2, 0.25) is 11.8 Å². The van der Waals surface area contributed by atoms with E-state index in [2.05, 4.69) is 0 Å². The Morgan fingerprint density at radius 3 is 2.17 bits per heavy atom. The monoisotopic (exact) mass is 340 g/mol. The van der Waals surface area contributed by atoms with Gasteiger partial charge in [0.1, 0.15) is 0 Å². The van der Waals surface area contributed by atoms with E-state index in [1.54, 1.807) is 11.0 Å². The number of allylic oxidation sites excluding steroid dienone is 1. The Morgan fingerprint density at radius 1 is 1.00 bits per heavy atom. The van der Waals surface area contributed by atoms with E-state index in [1.807, 2.05) is 0 Å². The molecule has 0 unspecified atom stereocenters. The standard InChI is InChI=1S/C17H19F3N2O2/c1-13(23)21-8-5-9-22(11-10-21)16(24)12-15(17(18,19)20)14-6-3-2-4-7-14/h2-4,6-7,12H,5,8-11H2,1H3/b15-12-. The van der Waals surface area contributed by atoms with Gasteiger partial charge in [-0.3, -0.25) is 9.59 Å². The number of hydrogen-bond donors (Lipinski definition) is 0. The Morgan fingerprint density at radius 2 is 1.58 bits per heavy atom. The maximum atomic E-state index is 13.3. The maximum Gasteiger partial charge on any atom is 0.417 e. The molecule has 2 amide bonds. The maximum absolute atomic E-state index is 13.3. The lowest BCUT2D eigenvalue weighted by atomic mass is 10.0. The van der Waals surface area contributed by atoms with E-state index in [4.69, 9.17) is 0 Å². The highest BCUT2D eigenvalue weighted by Crippen LogP contribution is 2.33. The van der Waals surface area contributed by atoms with Gasteiger partial charge in [-0.1, -0.05) is 30.3 Å². The van der Waals surface area contributed by atoms with Crippen LogP contribution in [0.5, 0.6) is 0 Å². The molecule has 1 fully saturated rings. The molecule has 130 valence electrons. The van der Waals surface area contributed by atoms with Crippen molar-refractivity contribution in [2.45, 2.75) is 19.5 Å². The van der Waals surface area contributed by atoms with Crippen LogP contribution < -0.4 is 0 Å². The molecule has 2 rings (SSSR count). The molecule has 1 aromatic carbocycles. The van der Waals surface area contributed by atoms with Gasteiger partial charge in [-0.25, -0.2) is 0 Å². The molecule has 7 heteroatoms. The van der Waals surface area contributed by atoms with E-state index in [-0.39, 0.29) is 18.0 Å². The SMILES string of the molecule is CC(=O)N1CCCN(C(=O)/C=C(/c2ccccc2)C(F)(F)F)CC1. The quantitative estimate of drug-likeness (QED) is 0.777. The Bertz CT molecular complexity index is 626. The van der Waals surface area contributed by atoms with Gasteiger partial charge in [-0.15, -0.1) is 0 Å². The third-order valence-corrected chi connectivity index (χ3v) is 3.91. The van der Waals surface area contributed by atoms with Crippen LogP contribution in [-0.2, 0) is 9.59 Å². The third kappa shape index (κ3) is 4.59. The van der Waals surface area contributed by atoms with E-state index < -0.39 is 17.7 Å². The molecule has 0 aliphatic carbocycles. The van der Waals surface area contributed by atoms with Crippen molar-refractivity contribution in [1.82, 2.24) is 9.80 Å². The molecule has 0 atom stereocenters. The first-order chi connectivity index (χ1) is 11.3. The highest BCUT2D eigenvalue weighted by molar-refractivity contribution is 5.96. The highest BCUT2D eigenvalue weighted by Gasteiger charge is 2.35. The van der Waals surface area contributed by atoms with Gasteiger partial charge in [-0.2, -0.15) is 13.2 Å². The van der Waals surface area contributed by atoms with E-state index in [0.29, 0.717) is 32.1 Å². The van der Waals surface area contributed by atoms with Crippen molar-refractivity contribution in [3.8, 4) is 0 Å². The Kier molecular flexibility index (Phi) is 5.64. The largest absolute Gasteiger partial charge is 0.417 e. The second-order valence-corrected chi connectivity index (χ2v) is 5.61. The summed E-state index contributed by atoms with van der Waals surface area (Å²) in [7, 11) is 0. The number of carbonyl (C=O) groups excluding carboxylic acids is 2. The molecule has 0 spiro atoms. The van der Waals surface area contributed by atoms with Crippen LogP contribution in [0.25, 0.3) is 5.57 Å². The third-order valence-electron chi connectivity index (χ3n) is 3.91. The Balaban J connectivity index is 2.20. The normalized spacial score (nSPS) is 16.8. The average Bonchev–Trinajstić information content (AvgIpc) is 2.78. The zero-order valence-electron chi connectivity index (χ0n) is 13.3. The van der Waals surface area contributed by atoms with Crippen molar-refractivity contribution < 1.29 is 22.8 Å². The van der Waals surface area contributed by atoms with Crippen molar-refractivity contribution >= 4 is 17.4 Å². The molecular formula is C17H19F3N2O2. The van der Waals surface area contributed by atoms with Crippen LogP contribution in [0.2, 0.25) is 0 Å². The summed E-state index contributed by atoms with van der Waals surface area (Å²) >= 11 is 0. The average molecular weight is 340 g/mol. The van der Waals surface area contributed by atoms with Gasteiger partial charge in [-0.05, 0) is 12.0 Å². The van der Waals surface area contributed by atoms with Crippen LogP contribution in [-0.4, -0.2) is 54.0 Å². The molecule has 0 N–H and O–H groups in total. The summed E-state index contributed by atoms with van der Waals surface area (Å²) in [6.45, 7) is 2.84. The summed E-state index contributed by atoms with van der Waals surface area (Å²) < 4.78 is 39.9. The highest BCUT2D eigenvalue weighted by atomic mass is 19.4. The smallest absolute Gasteiger partial charge is 0.341 e. The minimum atomic E-state index is -4.62. The summed E-state index contributed by atoms with van der Waals surface area (Å²) in [6, 6.07) is 7.26. The second kappa shape index (κ2) is 7.51. The number of amides is 2. The van der Waals surface area contributed by atoms with Crippen LogP contribution in [0, 0.1) is 0 Å². The zero-order valence-corrected chi connectivity index (χ0v) is 13.3. The summed E-state index contributed by atoms with van der Waals surface area (Å²) in [6.07, 6.45) is -3.42. The summed E-state index contributed by atoms with van der Waals surface area (Å²) in [5, 5.41) is 0. The number of halogens is 3. The summed E-state index contributed by atoms with van der Waals surface area (Å²) in [5.74, 6) is -0.781. The van der Waals surface area contributed by atoms with Gasteiger partial charge in [0.25, 0.3) is 0 Å². The van der Waals surface area contributed by atoms with Crippen molar-refractivity contribution in [3.05, 3.63) is 42.0 Å². The van der Waals surface area contributed by atoms with E-state index in [1.165, 1.54) is 36.1 Å². The predicted octanol–water partition coefficient (Wildman–Crippen LogP) is 2.71. The number of alkyl halides is 3. The van der Waals surface area contributed by atoms with Gasteiger partial charge < -0.3 is 9.80 Å². The Hall–Kier alpha value is -2.31. The fraction of sp³-hybridized carbons (Fsp3) is 0.412. The molecule has 1 heterocycles. The lowest BCUT2D eigenvalue weighted by molar-refractivity contribution is -0.130. The van der Waals surface area contributed by atoms with Crippen molar-refractivity contribution in [3.63, 3.8) is 0 Å². The second-order valence-electron chi connectivity index (χ2n) is 5.61. The summed E-state index contributed by atoms with van der Waals surface area (Å²) in [4.78, 5) is 26.6. The minimum Gasteiger partial charge on any atom is -0.341 e. The minimum absolute atomic E-state index is 0.0430. The predicted molar refractivity (Wildman–Crippen MR) is 83.9 cm³/mol. The first-order valence-corrected chi connectivity index (χ1v) is 7.68. The molecule has 0 saturated carbocycles. The first-order valence-electron chi connectivity index (χ1n) is 7.68. The number of benzene rings is 1. The van der Waals surface area contributed by atoms with Gasteiger partial charge in [0.15, 0.2) is 0 Å². The van der Waals surface area contributed by atoms with Crippen molar-refractivity contribution in [2.75, 3.05) is 26.2 Å². The molecule has 0 bridgehead atoms. The van der Waals surface area contributed by atoms with Crippen LogP contribution in [0.1, 0.15) is 18.9 Å². The molecule has 0 aromatic heterocycles. The van der Waals surface area contributed by atoms with Crippen LogP contribution >= 0.6 is 0 Å². The molecule has 1 aliphatic heterocycles. The fourth-order valence-electron chi connectivity index (χ4n) is 2.61. The van der Waals surface area contributed by atoms with Crippen molar-refractivity contribution in [1.29, 1.82) is 0 Å². The molecular weight excluding hydrogens is 321 g/mol. The lowest BCUT2D eigenvalue weighted by Gasteiger charge is -2.21. The van der Waals surface area contributed by atoms with E-state index in [9.17, 15) is 22.8 Å². The molecule has 1 saturated heterocycles. The molecule has 0 radical (unpaired) electrons. The van der Waals surface area contributed by atoms with Gasteiger partial charge >= 0.3 is 6.18 Å². The van der Waals surface area contributed by atoms with Gasteiger partial charge in [0.05, 0.1) is 5.57 Å². The molecule has 4 nitrogen and oxygen atoms in total. The van der Waals surface area contributed by atoms with Gasteiger partial charge in [0, 0.05) is 39.2 Å². The van der Waals surface area contributed by atoms with Crippen LogP contribution in [0.15, 0.2) is 36.4 Å². The first kappa shape index (κ1) is 18.0. The van der Waals surface area contributed by atoms with E-state index in [0.717, 1.165) is 0 Å². The number of rotatable bonds is 2. The fourth-order valence-corrected chi connectivity index (χ4v) is 2.61. The van der Waals surface area contributed by atoms with Crippen molar-refractivity contribution in [2.24, 2.45) is 0 Å².